The number of amides is 8. The van der Waals surface area contributed by atoms with Gasteiger partial charge in [0.1, 0.15) is 48.1 Å². The topological polar surface area (TPSA) is 373 Å². The molecule has 0 heterocycles. The lowest BCUT2D eigenvalue weighted by Gasteiger charge is -2.30. The van der Waals surface area contributed by atoms with E-state index in [-0.39, 0.29) is 80.7 Å². The van der Waals surface area contributed by atoms with Gasteiger partial charge in [-0.05, 0) is 93.1 Å². The van der Waals surface area contributed by atoms with E-state index in [0.717, 1.165) is 5.56 Å². The Hall–Kier alpha value is -6.32. The fourth-order valence-corrected chi connectivity index (χ4v) is 7.81. The van der Waals surface area contributed by atoms with Crippen LogP contribution in [0.4, 0.5) is 0 Å². The third kappa shape index (κ3) is 25.3. The van der Waals surface area contributed by atoms with E-state index in [1.807, 2.05) is 48.5 Å². The van der Waals surface area contributed by atoms with Gasteiger partial charge in [-0.15, -0.1) is 0 Å². The molecule has 0 fully saturated rings. The summed E-state index contributed by atoms with van der Waals surface area (Å²) in [4.78, 5) is 114. The van der Waals surface area contributed by atoms with Crippen molar-refractivity contribution in [3.05, 3.63) is 35.4 Å². The van der Waals surface area contributed by atoms with Crippen LogP contribution < -0.4 is 65.5 Å². The molecule has 1 aromatic carbocycles. The Bertz CT molecular complexity index is 1990. The van der Waals surface area contributed by atoms with Crippen LogP contribution in [0.5, 0.6) is 0 Å². The van der Waals surface area contributed by atoms with Gasteiger partial charge >= 0.3 is 0 Å². The summed E-state index contributed by atoms with van der Waals surface area (Å²) in [5, 5.41) is 30.0. The van der Waals surface area contributed by atoms with E-state index >= 15 is 0 Å². The zero-order chi connectivity index (χ0) is 55.5. The molecule has 73 heavy (non-hydrogen) atoms. The van der Waals surface area contributed by atoms with Crippen molar-refractivity contribution in [3.63, 3.8) is 0 Å². The summed E-state index contributed by atoms with van der Waals surface area (Å²) in [5.41, 5.74) is 23.7. The number of amidine groups is 1. The van der Waals surface area contributed by atoms with Crippen LogP contribution in [0.3, 0.4) is 0 Å². The second-order valence-electron chi connectivity index (χ2n) is 20.6. The maximum Gasteiger partial charge on any atom is 0.243 e. The van der Waals surface area contributed by atoms with Crippen LogP contribution in [-0.4, -0.2) is 114 Å². The van der Waals surface area contributed by atoms with E-state index in [0.29, 0.717) is 37.8 Å². The minimum Gasteiger partial charge on any atom is -0.384 e. The number of nitrogens with one attached hydrogen (secondary N) is 9. The number of carbonyl (C=O) groups is 8. The zero-order valence-electron chi connectivity index (χ0n) is 45.2. The third-order valence-electron chi connectivity index (χ3n) is 12.0. The van der Waals surface area contributed by atoms with Crippen molar-refractivity contribution < 1.29 is 38.4 Å². The molecule has 0 aliphatic rings. The highest BCUT2D eigenvalue weighted by molar-refractivity contribution is 5.98. The number of hydrogen-bond acceptors (Lipinski definition) is 11. The minimum absolute atomic E-state index is 0.0232. The van der Waals surface area contributed by atoms with Crippen molar-refractivity contribution in [2.45, 2.75) is 183 Å². The first-order valence-corrected chi connectivity index (χ1v) is 25.8. The summed E-state index contributed by atoms with van der Waals surface area (Å²) in [5.74, 6) is -5.97. The highest BCUT2D eigenvalue weighted by Gasteiger charge is 2.36. The Morgan fingerprint density at radius 3 is 1.44 bits per heavy atom. The van der Waals surface area contributed by atoms with Crippen molar-refractivity contribution in [2.75, 3.05) is 13.1 Å². The van der Waals surface area contributed by atoms with Crippen LogP contribution >= 0.6 is 0 Å². The van der Waals surface area contributed by atoms with Crippen molar-refractivity contribution in [1.82, 2.24) is 42.5 Å². The molecule has 0 radical (unpaired) electrons. The van der Waals surface area contributed by atoms with E-state index in [1.165, 1.54) is 6.92 Å². The predicted molar refractivity (Wildman–Crippen MR) is 284 cm³/mol. The summed E-state index contributed by atoms with van der Waals surface area (Å²) >= 11 is 0. The van der Waals surface area contributed by atoms with Crippen molar-refractivity contribution >= 4 is 59.1 Å². The number of carbonyl (C=O) groups excluding carboxylic acids is 8. The van der Waals surface area contributed by atoms with Crippen LogP contribution in [0.2, 0.25) is 0 Å². The number of aliphatic imine (C=N–C) groups is 1. The van der Waals surface area contributed by atoms with Crippen molar-refractivity contribution in [3.8, 4) is 0 Å². The second-order valence-corrected chi connectivity index (χ2v) is 20.6. The number of benzene rings is 1. The smallest absolute Gasteiger partial charge is 0.243 e. The number of nitrogen functional groups attached to an aromatic ring is 1. The molecule has 22 heteroatoms. The Balaban J connectivity index is 3.47. The lowest BCUT2D eigenvalue weighted by atomic mass is 9.95. The molecule has 22 nitrogen and oxygen atoms in total. The maximum atomic E-state index is 14.3. The van der Waals surface area contributed by atoms with E-state index in [2.05, 4.69) is 47.5 Å². The number of hydrogen-bond donors (Lipinski definition) is 13. The normalized spacial score (nSPS) is 14.6. The van der Waals surface area contributed by atoms with Crippen LogP contribution in [0, 0.1) is 35.0 Å². The number of rotatable bonds is 34. The van der Waals surface area contributed by atoms with Crippen molar-refractivity contribution in [1.29, 1.82) is 5.41 Å². The first-order valence-electron chi connectivity index (χ1n) is 25.8. The van der Waals surface area contributed by atoms with E-state index in [9.17, 15) is 38.4 Å². The van der Waals surface area contributed by atoms with Crippen molar-refractivity contribution in [2.24, 2.45) is 57.5 Å². The summed E-state index contributed by atoms with van der Waals surface area (Å²) < 4.78 is 0. The van der Waals surface area contributed by atoms with Gasteiger partial charge in [-0.2, -0.15) is 0 Å². The molecule has 17 N–H and O–H groups in total. The van der Waals surface area contributed by atoms with Crippen LogP contribution in [-0.2, 0) is 44.9 Å². The van der Waals surface area contributed by atoms with E-state index < -0.39 is 95.5 Å². The highest BCUT2D eigenvalue weighted by Crippen LogP contribution is 2.15. The number of nitrogens with two attached hydrogens (primary N) is 4. The van der Waals surface area contributed by atoms with Gasteiger partial charge in [-0.3, -0.25) is 48.8 Å². The molecule has 0 aliphatic heterocycles. The molecular formula is C51H90N14O8. The summed E-state index contributed by atoms with van der Waals surface area (Å²) in [6.07, 6.45) is 2.80. The molecule has 1 aromatic rings. The quantitative estimate of drug-likeness (QED) is 0.0262. The Morgan fingerprint density at radius 2 is 0.973 bits per heavy atom. The van der Waals surface area contributed by atoms with Crippen LogP contribution in [0.15, 0.2) is 29.3 Å². The molecule has 0 bridgehead atoms. The molecule has 412 valence electrons. The molecule has 0 saturated heterocycles. The monoisotopic (exact) mass is 1030 g/mol. The molecule has 0 unspecified atom stereocenters. The lowest BCUT2D eigenvalue weighted by molar-refractivity contribution is -0.136. The lowest BCUT2D eigenvalue weighted by Crippen LogP contribution is -2.61. The van der Waals surface area contributed by atoms with Gasteiger partial charge in [0.2, 0.25) is 47.3 Å². The van der Waals surface area contributed by atoms with Gasteiger partial charge < -0.3 is 65.5 Å². The van der Waals surface area contributed by atoms with Gasteiger partial charge in [-0.1, -0.05) is 99.9 Å². The fraction of sp³-hybridized carbons (Fsp3) is 0.686. The molecule has 0 spiro atoms. The maximum absolute atomic E-state index is 14.3. The van der Waals surface area contributed by atoms with Crippen LogP contribution in [0.1, 0.15) is 145 Å². The minimum atomic E-state index is -1.25. The first kappa shape index (κ1) is 64.7. The standard InChI is InChI=1S/C51H90N14O8/c1-12-32(10)42(65-48(71)38(24-28(2)3)59-33(11)66)50(73)63-40(26-30(6)7)47(70)62-39(25-29(4)5)46(69)60-37(17-15-23-57-51(55)56)45(68)64-41(31(8)9)49(72)61-36(16-13-14-22-52)44(67)58-27-34-18-20-35(21-19-34)43(53)54/h18-21,28-32,36-42H,12-17,22-27,52H2,1-11H3,(H3,53,54)(H,58,67)(H,59,66)(H,60,69)(H,61,72)(H,62,70)(H,63,73)(H,64,68)(H,65,71)(H4,55,56,57)/t32-,36-,37-,38-,39-,40-,41-,42-/m0/s1. The molecule has 8 atom stereocenters. The first-order chi connectivity index (χ1) is 34.2. The summed E-state index contributed by atoms with van der Waals surface area (Å²) in [7, 11) is 0. The van der Waals surface area contributed by atoms with E-state index in [1.54, 1.807) is 45.0 Å². The van der Waals surface area contributed by atoms with Gasteiger partial charge in [0.05, 0.1) is 0 Å². The highest BCUT2D eigenvalue weighted by atomic mass is 16.2. The average Bonchev–Trinajstić information content (AvgIpc) is 3.30. The summed E-state index contributed by atoms with van der Waals surface area (Å²) in [6, 6.07) is -0.851. The summed E-state index contributed by atoms with van der Waals surface area (Å²) in [6.45, 7) is 20.3. The van der Waals surface area contributed by atoms with E-state index in [4.69, 9.17) is 28.3 Å². The van der Waals surface area contributed by atoms with Gasteiger partial charge in [0.25, 0.3) is 0 Å². The Kier molecular flexibility index (Phi) is 29.6. The SMILES string of the molecule is CC[C@H](C)[C@H](NC(=O)[C@H](CC(C)C)NC(C)=O)C(=O)N[C@@H](CC(C)C)C(=O)N[C@@H](CC(C)C)C(=O)N[C@@H](CCCN=C(N)N)C(=O)N[C@H](C(=O)N[C@@H](CCCCN)C(=O)NCc1ccc(C(=N)N)cc1)C(C)C. The van der Waals surface area contributed by atoms with Gasteiger partial charge in [-0.25, -0.2) is 0 Å². The fourth-order valence-electron chi connectivity index (χ4n) is 7.81. The number of guanidine groups is 1. The van der Waals surface area contributed by atoms with Gasteiger partial charge in [0, 0.05) is 25.6 Å². The number of unbranched alkanes of at least 4 members (excludes halogenated alkanes) is 1. The molecular weight excluding hydrogens is 937 g/mol. The molecule has 0 aliphatic carbocycles. The largest absolute Gasteiger partial charge is 0.384 e. The Labute approximate surface area is 432 Å². The second kappa shape index (κ2) is 33.4. The zero-order valence-corrected chi connectivity index (χ0v) is 45.2. The molecule has 8 amide bonds. The molecule has 1 rings (SSSR count). The third-order valence-corrected chi connectivity index (χ3v) is 12.0. The molecule has 0 aromatic heterocycles. The Morgan fingerprint density at radius 1 is 0.548 bits per heavy atom. The molecule has 0 saturated carbocycles. The number of nitrogens with zero attached hydrogens (tertiary/aromatic N) is 1. The van der Waals surface area contributed by atoms with Crippen LogP contribution in [0.25, 0.3) is 0 Å². The average molecular weight is 1030 g/mol. The van der Waals surface area contributed by atoms with Gasteiger partial charge in [0.15, 0.2) is 5.96 Å². The predicted octanol–water partition coefficient (Wildman–Crippen LogP) is 1.02.